The average molecular weight is 354 g/mol. The molecule has 23 heavy (non-hydrogen) atoms. The van der Waals surface area contributed by atoms with Gasteiger partial charge in [0.1, 0.15) is 18.1 Å². The smallest absolute Gasteiger partial charge is 0.260 e. The van der Waals surface area contributed by atoms with E-state index in [0.717, 1.165) is 0 Å². The second-order valence-electron chi connectivity index (χ2n) is 4.76. The number of ether oxygens (including phenoxy) is 2. The summed E-state index contributed by atoms with van der Waals surface area (Å²) in [5.74, 6) is 0.820. The number of benzene rings is 2. The monoisotopic (exact) mass is 353 g/mol. The minimum atomic E-state index is -0.657. The number of hydrogen-bond donors (Lipinski definition) is 1. The summed E-state index contributed by atoms with van der Waals surface area (Å²) in [6, 6.07) is 14.2. The van der Waals surface area contributed by atoms with Crippen molar-refractivity contribution < 1.29 is 14.3 Å². The first-order valence-corrected chi connectivity index (χ1v) is 7.89. The Morgan fingerprint density at radius 3 is 2.22 bits per heavy atom. The molecule has 0 heterocycles. The summed E-state index contributed by atoms with van der Waals surface area (Å²) in [6.07, 6.45) is -0.657. The molecule has 0 bridgehead atoms. The fraction of sp³-hybridized carbons (Fsp3) is 0.235. The summed E-state index contributed by atoms with van der Waals surface area (Å²) in [5.41, 5.74) is 0. The molecular weight excluding hydrogens is 337 g/mol. The molecule has 0 aromatic heterocycles. The van der Waals surface area contributed by atoms with Crippen LogP contribution >= 0.6 is 23.2 Å². The second-order valence-corrected chi connectivity index (χ2v) is 5.57. The summed E-state index contributed by atoms with van der Waals surface area (Å²) >= 11 is 12.0. The molecule has 6 heteroatoms. The molecule has 0 spiro atoms. The number of rotatable bonds is 7. The van der Waals surface area contributed by atoms with E-state index in [-0.39, 0.29) is 5.91 Å². The van der Waals surface area contributed by atoms with E-state index in [1.165, 1.54) is 0 Å². The number of nitrogens with one attached hydrogen (secondary N) is 1. The first kappa shape index (κ1) is 17.4. The van der Waals surface area contributed by atoms with E-state index in [2.05, 4.69) is 5.32 Å². The lowest BCUT2D eigenvalue weighted by atomic mass is 10.3. The van der Waals surface area contributed by atoms with Crippen LogP contribution in [0.3, 0.4) is 0 Å². The summed E-state index contributed by atoms with van der Waals surface area (Å²) in [7, 11) is 0. The molecule has 1 atom stereocenters. The van der Waals surface area contributed by atoms with Gasteiger partial charge in [-0.25, -0.2) is 0 Å². The molecule has 1 N–H and O–H groups in total. The first-order valence-electron chi connectivity index (χ1n) is 7.14. The van der Waals surface area contributed by atoms with Crippen LogP contribution in [0.2, 0.25) is 10.0 Å². The van der Waals surface area contributed by atoms with Crippen LogP contribution < -0.4 is 14.8 Å². The van der Waals surface area contributed by atoms with Crippen molar-refractivity contribution in [2.75, 3.05) is 13.2 Å². The van der Waals surface area contributed by atoms with Gasteiger partial charge in [0.25, 0.3) is 5.91 Å². The Labute approximate surface area is 145 Å². The number of carbonyl (C=O) groups excluding carboxylic acids is 1. The SMILES string of the molecule is CC(Oc1ccccc1Cl)C(=O)NCCOc1ccccc1Cl. The van der Waals surface area contributed by atoms with Crippen molar-refractivity contribution in [1.82, 2.24) is 5.32 Å². The maximum atomic E-state index is 12.0. The Morgan fingerprint density at radius 2 is 1.61 bits per heavy atom. The van der Waals surface area contributed by atoms with Gasteiger partial charge in [-0.1, -0.05) is 47.5 Å². The van der Waals surface area contributed by atoms with Gasteiger partial charge in [-0.15, -0.1) is 0 Å². The number of halogens is 2. The van der Waals surface area contributed by atoms with Crippen LogP contribution in [0, 0.1) is 0 Å². The maximum absolute atomic E-state index is 12.0. The molecule has 2 aromatic rings. The van der Waals surface area contributed by atoms with Gasteiger partial charge in [0, 0.05) is 0 Å². The van der Waals surface area contributed by atoms with Gasteiger partial charge in [0.05, 0.1) is 16.6 Å². The zero-order valence-electron chi connectivity index (χ0n) is 12.6. The van der Waals surface area contributed by atoms with Gasteiger partial charge < -0.3 is 14.8 Å². The lowest BCUT2D eigenvalue weighted by Crippen LogP contribution is -2.38. The lowest BCUT2D eigenvalue weighted by molar-refractivity contribution is -0.127. The molecule has 0 radical (unpaired) electrons. The molecule has 122 valence electrons. The second kappa shape index (κ2) is 8.65. The van der Waals surface area contributed by atoms with Crippen molar-refractivity contribution in [3.05, 3.63) is 58.6 Å². The quantitative estimate of drug-likeness (QED) is 0.766. The lowest BCUT2D eigenvalue weighted by Gasteiger charge is -2.15. The molecule has 0 fully saturated rings. The predicted molar refractivity (Wildman–Crippen MR) is 91.5 cm³/mol. The van der Waals surface area contributed by atoms with Gasteiger partial charge in [-0.2, -0.15) is 0 Å². The Morgan fingerprint density at radius 1 is 1.04 bits per heavy atom. The average Bonchev–Trinajstić information content (AvgIpc) is 2.55. The number of para-hydroxylation sites is 2. The first-order chi connectivity index (χ1) is 11.1. The minimum Gasteiger partial charge on any atom is -0.490 e. The maximum Gasteiger partial charge on any atom is 0.260 e. The molecule has 2 aromatic carbocycles. The zero-order chi connectivity index (χ0) is 16.7. The van der Waals surface area contributed by atoms with Crippen molar-refractivity contribution in [3.63, 3.8) is 0 Å². The van der Waals surface area contributed by atoms with Crippen molar-refractivity contribution in [3.8, 4) is 11.5 Å². The van der Waals surface area contributed by atoms with Crippen LogP contribution in [0.5, 0.6) is 11.5 Å². The molecule has 4 nitrogen and oxygen atoms in total. The van der Waals surface area contributed by atoms with Gasteiger partial charge in [-0.3, -0.25) is 4.79 Å². The van der Waals surface area contributed by atoms with Crippen molar-refractivity contribution >= 4 is 29.1 Å². The minimum absolute atomic E-state index is 0.243. The summed E-state index contributed by atoms with van der Waals surface area (Å²) in [5, 5.41) is 3.74. The summed E-state index contributed by atoms with van der Waals surface area (Å²) in [6.45, 7) is 2.32. The Hall–Kier alpha value is -1.91. The molecule has 0 aliphatic heterocycles. The molecule has 0 aliphatic carbocycles. The van der Waals surface area contributed by atoms with E-state index in [1.54, 1.807) is 43.3 Å². The van der Waals surface area contributed by atoms with E-state index in [1.807, 2.05) is 12.1 Å². The van der Waals surface area contributed by atoms with Crippen LogP contribution in [0.15, 0.2) is 48.5 Å². The third kappa shape index (κ3) is 5.34. The van der Waals surface area contributed by atoms with E-state index in [4.69, 9.17) is 32.7 Å². The highest BCUT2D eigenvalue weighted by Gasteiger charge is 2.15. The fourth-order valence-corrected chi connectivity index (χ4v) is 2.20. The Balaban J connectivity index is 1.74. The number of hydrogen-bond acceptors (Lipinski definition) is 3. The van der Waals surface area contributed by atoms with Crippen molar-refractivity contribution in [2.24, 2.45) is 0 Å². The van der Waals surface area contributed by atoms with Crippen LogP contribution in [0.1, 0.15) is 6.92 Å². The largest absolute Gasteiger partial charge is 0.490 e. The van der Waals surface area contributed by atoms with E-state index in [0.29, 0.717) is 34.7 Å². The zero-order valence-corrected chi connectivity index (χ0v) is 14.1. The Bertz CT molecular complexity index is 664. The summed E-state index contributed by atoms with van der Waals surface area (Å²) < 4.78 is 11.0. The molecule has 1 unspecified atom stereocenters. The topological polar surface area (TPSA) is 47.6 Å². The molecular formula is C17H17Cl2NO3. The molecule has 2 rings (SSSR count). The highest BCUT2D eigenvalue weighted by Crippen LogP contribution is 2.24. The van der Waals surface area contributed by atoms with Crippen molar-refractivity contribution in [2.45, 2.75) is 13.0 Å². The Kier molecular flexibility index (Phi) is 6.56. The van der Waals surface area contributed by atoms with E-state index >= 15 is 0 Å². The van der Waals surface area contributed by atoms with Gasteiger partial charge >= 0.3 is 0 Å². The normalized spacial score (nSPS) is 11.6. The number of carbonyl (C=O) groups is 1. The molecule has 1 amide bonds. The molecule has 0 saturated heterocycles. The van der Waals surface area contributed by atoms with Crippen LogP contribution in [-0.4, -0.2) is 25.2 Å². The van der Waals surface area contributed by atoms with Gasteiger partial charge in [0.15, 0.2) is 6.10 Å². The van der Waals surface area contributed by atoms with Crippen LogP contribution in [0.25, 0.3) is 0 Å². The third-order valence-corrected chi connectivity index (χ3v) is 3.63. The predicted octanol–water partition coefficient (Wildman–Crippen LogP) is 3.96. The number of amides is 1. The third-order valence-electron chi connectivity index (χ3n) is 3.01. The molecule has 0 saturated carbocycles. The molecule has 0 aliphatic rings. The highest BCUT2D eigenvalue weighted by molar-refractivity contribution is 6.32. The van der Waals surface area contributed by atoms with Gasteiger partial charge in [0.2, 0.25) is 0 Å². The van der Waals surface area contributed by atoms with E-state index in [9.17, 15) is 4.79 Å². The van der Waals surface area contributed by atoms with Gasteiger partial charge in [-0.05, 0) is 31.2 Å². The summed E-state index contributed by atoms with van der Waals surface area (Å²) in [4.78, 5) is 12.0. The highest BCUT2D eigenvalue weighted by atomic mass is 35.5. The van der Waals surface area contributed by atoms with Crippen molar-refractivity contribution in [1.29, 1.82) is 0 Å². The van der Waals surface area contributed by atoms with Crippen LogP contribution in [-0.2, 0) is 4.79 Å². The fourth-order valence-electron chi connectivity index (χ4n) is 1.83. The van der Waals surface area contributed by atoms with Crippen LogP contribution in [0.4, 0.5) is 0 Å². The standard InChI is InChI=1S/C17H17Cl2NO3/c1-12(23-16-9-5-3-7-14(16)19)17(21)20-10-11-22-15-8-4-2-6-13(15)18/h2-9,12H,10-11H2,1H3,(H,20,21). The van der Waals surface area contributed by atoms with E-state index < -0.39 is 6.10 Å².